The van der Waals surface area contributed by atoms with Gasteiger partial charge in [0.15, 0.2) is 0 Å². The summed E-state index contributed by atoms with van der Waals surface area (Å²) in [6.45, 7) is 4.27. The van der Waals surface area contributed by atoms with Crippen LogP contribution in [0.1, 0.15) is 65.7 Å². The maximum Gasteiger partial charge on any atom is 0.416 e. The van der Waals surface area contributed by atoms with Gasteiger partial charge in [0, 0.05) is 24.8 Å². The molecule has 12 heteroatoms. The zero-order chi connectivity index (χ0) is 28.3. The first-order valence-corrected chi connectivity index (χ1v) is 12.6. The number of likely N-dealkylation sites (tertiary alicyclic amines) is 1. The van der Waals surface area contributed by atoms with Crippen LogP contribution in [0.3, 0.4) is 0 Å². The smallest absolute Gasteiger partial charge is 0.383 e. The monoisotopic (exact) mass is 541 g/mol. The summed E-state index contributed by atoms with van der Waals surface area (Å²) >= 11 is 0. The predicted octanol–water partition coefficient (Wildman–Crippen LogP) is 3.77. The number of halogens is 3. The van der Waals surface area contributed by atoms with Crippen LogP contribution in [0.25, 0.3) is 11.3 Å². The molecule has 1 aliphatic rings. The van der Waals surface area contributed by atoms with E-state index in [2.05, 4.69) is 22.0 Å². The number of benzene rings is 1. The number of primary amides is 1. The Morgan fingerprint density at radius 3 is 2.49 bits per heavy atom. The molecular formula is C27H30F3N7O2. The summed E-state index contributed by atoms with van der Waals surface area (Å²) in [5, 5.41) is 8.94. The van der Waals surface area contributed by atoms with Gasteiger partial charge in [0.2, 0.25) is 0 Å². The number of anilines is 1. The molecule has 0 aliphatic carbocycles. The van der Waals surface area contributed by atoms with Gasteiger partial charge in [-0.25, -0.2) is 4.68 Å². The minimum absolute atomic E-state index is 0.0712. The van der Waals surface area contributed by atoms with E-state index in [0.29, 0.717) is 49.9 Å². The Balaban J connectivity index is 1.58. The van der Waals surface area contributed by atoms with Gasteiger partial charge in [-0.1, -0.05) is 18.1 Å². The summed E-state index contributed by atoms with van der Waals surface area (Å²) < 4.78 is 43.1. The lowest BCUT2D eigenvalue weighted by molar-refractivity contribution is -0.138. The summed E-state index contributed by atoms with van der Waals surface area (Å²) in [7, 11) is 0. The largest absolute Gasteiger partial charge is 0.416 e. The highest BCUT2D eigenvalue weighted by molar-refractivity contribution is 6.03. The van der Waals surface area contributed by atoms with Crippen LogP contribution < -0.4 is 11.5 Å². The van der Waals surface area contributed by atoms with Crippen molar-refractivity contribution in [3.63, 3.8) is 0 Å². The van der Waals surface area contributed by atoms with Gasteiger partial charge < -0.3 is 16.4 Å². The van der Waals surface area contributed by atoms with Crippen molar-refractivity contribution < 1.29 is 22.8 Å². The maximum atomic E-state index is 13.3. The second-order valence-electron chi connectivity index (χ2n) is 9.54. The first kappa shape index (κ1) is 27.8. The van der Waals surface area contributed by atoms with Crippen LogP contribution in [0, 0.1) is 18.8 Å². The van der Waals surface area contributed by atoms with Gasteiger partial charge in [-0.05, 0) is 62.6 Å². The summed E-state index contributed by atoms with van der Waals surface area (Å²) in [5.41, 5.74) is 12.8. The molecule has 3 aromatic rings. The second kappa shape index (κ2) is 11.2. The molecule has 9 nitrogen and oxygen atoms in total. The zero-order valence-corrected chi connectivity index (χ0v) is 21.8. The minimum Gasteiger partial charge on any atom is -0.383 e. The minimum atomic E-state index is -4.45. The van der Waals surface area contributed by atoms with E-state index < -0.39 is 17.6 Å². The number of nitrogens with zero attached hydrogens (tertiary/aromatic N) is 5. The lowest BCUT2D eigenvalue weighted by atomic mass is 10.0. The number of nitrogen functional groups attached to an aromatic ring is 1. The number of carbonyl (C=O) groups excluding carboxylic acids is 2. The van der Waals surface area contributed by atoms with E-state index in [0.717, 1.165) is 6.07 Å². The fraction of sp³-hybridized carbons (Fsp3) is 0.407. The Bertz CT molecular complexity index is 1440. The van der Waals surface area contributed by atoms with Crippen molar-refractivity contribution in [3.05, 3.63) is 52.8 Å². The van der Waals surface area contributed by atoms with Crippen molar-refractivity contribution in [2.45, 2.75) is 58.3 Å². The molecule has 3 heterocycles. The highest BCUT2D eigenvalue weighted by Gasteiger charge is 2.33. The normalized spacial score (nSPS) is 14.8. The van der Waals surface area contributed by atoms with E-state index in [1.165, 1.54) is 23.9 Å². The van der Waals surface area contributed by atoms with Crippen molar-refractivity contribution in [2.24, 2.45) is 5.73 Å². The third kappa shape index (κ3) is 5.92. The van der Waals surface area contributed by atoms with Gasteiger partial charge in [0.1, 0.15) is 17.1 Å². The lowest BCUT2D eigenvalue weighted by Crippen LogP contribution is -2.34. The predicted molar refractivity (Wildman–Crippen MR) is 139 cm³/mol. The molecule has 0 atom stereocenters. The fourth-order valence-electron chi connectivity index (χ4n) is 5.00. The molecule has 1 aromatic carbocycles. The molecule has 0 saturated carbocycles. The van der Waals surface area contributed by atoms with Crippen molar-refractivity contribution in [2.75, 3.05) is 18.8 Å². The Hall–Kier alpha value is -4.27. The number of carbonyl (C=O) groups is 2. The van der Waals surface area contributed by atoms with Gasteiger partial charge in [0.05, 0.1) is 24.3 Å². The molecule has 39 heavy (non-hydrogen) atoms. The van der Waals surface area contributed by atoms with Crippen molar-refractivity contribution in [3.8, 4) is 23.1 Å². The molecule has 4 rings (SSSR count). The first-order chi connectivity index (χ1) is 18.5. The van der Waals surface area contributed by atoms with Gasteiger partial charge in [-0.15, -0.1) is 0 Å². The van der Waals surface area contributed by atoms with E-state index in [9.17, 15) is 22.8 Å². The zero-order valence-electron chi connectivity index (χ0n) is 21.8. The fourth-order valence-corrected chi connectivity index (χ4v) is 5.00. The third-order valence-electron chi connectivity index (χ3n) is 6.98. The van der Waals surface area contributed by atoms with Crippen LogP contribution in [0.15, 0.2) is 30.6 Å². The van der Waals surface area contributed by atoms with Crippen molar-refractivity contribution in [1.82, 2.24) is 24.5 Å². The highest BCUT2D eigenvalue weighted by Crippen LogP contribution is 2.34. The average molecular weight is 542 g/mol. The molecule has 0 unspecified atom stereocenters. The number of amides is 2. The lowest BCUT2D eigenvalue weighted by Gasteiger charge is -2.27. The van der Waals surface area contributed by atoms with E-state index in [1.54, 1.807) is 28.8 Å². The topological polar surface area (TPSA) is 125 Å². The molecular weight excluding hydrogens is 511 g/mol. The maximum absolute atomic E-state index is 13.3. The Morgan fingerprint density at radius 1 is 1.18 bits per heavy atom. The van der Waals surface area contributed by atoms with Crippen LogP contribution in [0.5, 0.6) is 0 Å². The molecule has 1 fully saturated rings. The van der Waals surface area contributed by atoms with E-state index >= 15 is 0 Å². The first-order valence-electron chi connectivity index (χ1n) is 12.6. The summed E-state index contributed by atoms with van der Waals surface area (Å²) in [5.74, 6) is 4.43. The van der Waals surface area contributed by atoms with Gasteiger partial charge in [-0.2, -0.15) is 23.4 Å². The summed E-state index contributed by atoms with van der Waals surface area (Å²) in [6.07, 6.45) is 1.41. The second-order valence-corrected chi connectivity index (χ2v) is 9.54. The van der Waals surface area contributed by atoms with Crippen LogP contribution >= 0.6 is 0 Å². The number of hydrogen-bond acceptors (Lipinski definition) is 5. The van der Waals surface area contributed by atoms with Gasteiger partial charge in [0.25, 0.3) is 11.8 Å². The average Bonchev–Trinajstić information content (AvgIpc) is 3.44. The van der Waals surface area contributed by atoms with Crippen LogP contribution in [0.2, 0.25) is 0 Å². The quantitative estimate of drug-likeness (QED) is 0.476. The highest BCUT2D eigenvalue weighted by atomic mass is 19.4. The molecule has 1 aliphatic heterocycles. The Morgan fingerprint density at radius 2 is 1.87 bits per heavy atom. The SMILES string of the molecule is CC#CC(=O)N1CCCC(n2nc(-c3cnn(Cc4cccc(C(F)(F)F)c4C)c3)c(C(N)=O)c2N)CCC1. The van der Waals surface area contributed by atoms with Crippen LogP contribution in [-0.2, 0) is 17.5 Å². The summed E-state index contributed by atoms with van der Waals surface area (Å²) in [6, 6.07) is 3.93. The van der Waals surface area contributed by atoms with E-state index in [-0.39, 0.29) is 41.1 Å². The molecule has 1 saturated heterocycles. The molecule has 2 aromatic heterocycles. The van der Waals surface area contributed by atoms with Gasteiger partial charge >= 0.3 is 6.18 Å². The Kier molecular flexibility index (Phi) is 7.99. The van der Waals surface area contributed by atoms with E-state index in [1.807, 2.05) is 0 Å². The molecule has 0 radical (unpaired) electrons. The molecule has 0 bridgehead atoms. The number of alkyl halides is 3. The van der Waals surface area contributed by atoms with Crippen molar-refractivity contribution in [1.29, 1.82) is 0 Å². The molecule has 4 N–H and O–H groups in total. The number of aromatic nitrogens is 4. The molecule has 2 amide bonds. The van der Waals surface area contributed by atoms with Crippen LogP contribution in [0.4, 0.5) is 19.0 Å². The summed E-state index contributed by atoms with van der Waals surface area (Å²) in [4.78, 5) is 26.3. The number of rotatable bonds is 5. The Labute approximate surface area is 223 Å². The number of hydrogen-bond donors (Lipinski definition) is 2. The molecule has 0 spiro atoms. The molecule has 206 valence electrons. The third-order valence-corrected chi connectivity index (χ3v) is 6.98. The standard InChI is InChI=1S/C27H30F3N7O2/c1-3-7-22(38)35-12-5-9-20(10-6-13-35)37-25(31)23(26(32)39)24(34-37)19-14-33-36(16-19)15-18-8-4-11-21(17(18)2)27(28,29)30/h4,8,11,14,16,20H,5-6,9-10,12-13,15,31H2,1-2H3,(H2,32,39). The van der Waals surface area contributed by atoms with E-state index in [4.69, 9.17) is 11.5 Å². The van der Waals surface area contributed by atoms with Gasteiger partial charge in [-0.3, -0.25) is 14.3 Å². The van der Waals surface area contributed by atoms with Crippen LogP contribution in [-0.4, -0.2) is 49.4 Å². The van der Waals surface area contributed by atoms with Crippen molar-refractivity contribution >= 4 is 17.6 Å². The number of nitrogens with two attached hydrogens (primary N) is 2.